The maximum Gasteiger partial charge on any atom is 0.328 e. The lowest BCUT2D eigenvalue weighted by molar-refractivity contribution is 0.0997. The lowest BCUT2D eigenvalue weighted by atomic mass is 10.1. The van der Waals surface area contributed by atoms with E-state index in [9.17, 15) is 9.59 Å². The predicted molar refractivity (Wildman–Crippen MR) is 109 cm³/mol. The van der Waals surface area contributed by atoms with E-state index in [4.69, 9.17) is 10.5 Å². The molecule has 0 radical (unpaired) electrons. The van der Waals surface area contributed by atoms with Crippen LogP contribution in [0.15, 0.2) is 53.3 Å². The highest BCUT2D eigenvalue weighted by Crippen LogP contribution is 2.21. The number of nitrogens with one attached hydrogen (secondary N) is 1. The van der Waals surface area contributed by atoms with Crippen LogP contribution in [0.2, 0.25) is 0 Å². The number of hydrogen-bond donors (Lipinski definition) is 2. The molecule has 3 N–H and O–H groups in total. The number of carbonyl (C=O) groups excluding carboxylic acids is 1. The zero-order chi connectivity index (χ0) is 20.5. The number of aryl methyl sites for hydroxylation is 1. The molecule has 1 amide bonds. The second kappa shape index (κ2) is 7.23. The summed E-state index contributed by atoms with van der Waals surface area (Å²) < 4.78 is 6.63. The smallest absolute Gasteiger partial charge is 0.328 e. The number of H-pyrrole nitrogens is 1. The van der Waals surface area contributed by atoms with Crippen molar-refractivity contribution in [1.82, 2.24) is 19.5 Å². The van der Waals surface area contributed by atoms with E-state index in [1.807, 2.05) is 55.5 Å². The fourth-order valence-electron chi connectivity index (χ4n) is 3.10. The quantitative estimate of drug-likeness (QED) is 0.543. The molecule has 0 aliphatic carbocycles. The van der Waals surface area contributed by atoms with Crippen LogP contribution in [0.4, 0.5) is 0 Å². The molecule has 0 bridgehead atoms. The first-order chi connectivity index (χ1) is 14.0. The van der Waals surface area contributed by atoms with Crippen molar-refractivity contribution in [3.8, 4) is 17.1 Å². The summed E-state index contributed by atoms with van der Waals surface area (Å²) in [6, 6.07) is 14.9. The Morgan fingerprint density at radius 2 is 1.79 bits per heavy atom. The molecule has 0 aliphatic heterocycles. The number of benzene rings is 2. The number of nitrogens with two attached hydrogens (primary N) is 1. The van der Waals surface area contributed by atoms with Crippen LogP contribution in [0.3, 0.4) is 0 Å². The molecule has 29 heavy (non-hydrogen) atoms. The minimum Gasteiger partial charge on any atom is -0.497 e. The van der Waals surface area contributed by atoms with Gasteiger partial charge in [0.15, 0.2) is 17.2 Å². The first-order valence-corrected chi connectivity index (χ1v) is 8.96. The van der Waals surface area contributed by atoms with Crippen molar-refractivity contribution in [3.63, 3.8) is 0 Å². The highest BCUT2D eigenvalue weighted by Gasteiger charge is 2.19. The Hall–Kier alpha value is -3.94. The highest BCUT2D eigenvalue weighted by atomic mass is 16.5. The number of amides is 1. The molecule has 146 valence electrons. The Kier molecular flexibility index (Phi) is 4.59. The van der Waals surface area contributed by atoms with Crippen LogP contribution in [0.25, 0.3) is 22.6 Å². The summed E-state index contributed by atoms with van der Waals surface area (Å²) in [4.78, 5) is 36.1. The van der Waals surface area contributed by atoms with Gasteiger partial charge in [0.05, 0.1) is 13.7 Å². The number of fused-ring (bicyclic) bond motifs is 1. The summed E-state index contributed by atoms with van der Waals surface area (Å²) in [5.41, 5.74) is 8.35. The normalized spacial score (nSPS) is 11.0. The number of rotatable bonds is 5. The van der Waals surface area contributed by atoms with E-state index in [-0.39, 0.29) is 17.8 Å². The Bertz CT molecular complexity index is 1250. The van der Waals surface area contributed by atoms with Gasteiger partial charge in [-0.25, -0.2) is 14.8 Å². The summed E-state index contributed by atoms with van der Waals surface area (Å²) in [6.07, 6.45) is 0. The second-order valence-electron chi connectivity index (χ2n) is 6.69. The molecule has 0 atom stereocenters. The van der Waals surface area contributed by atoms with Crippen LogP contribution in [-0.2, 0) is 6.54 Å². The predicted octanol–water partition coefficient (Wildman–Crippen LogP) is 2.25. The van der Waals surface area contributed by atoms with E-state index >= 15 is 0 Å². The second-order valence-corrected chi connectivity index (χ2v) is 6.69. The van der Waals surface area contributed by atoms with Crippen molar-refractivity contribution in [3.05, 3.63) is 75.8 Å². The molecule has 2 aromatic heterocycles. The van der Waals surface area contributed by atoms with Gasteiger partial charge in [0.25, 0.3) is 5.91 Å². The first kappa shape index (κ1) is 18.4. The lowest BCUT2D eigenvalue weighted by Crippen LogP contribution is -2.17. The van der Waals surface area contributed by atoms with E-state index in [0.717, 1.165) is 22.4 Å². The molecular formula is C21H19N5O3. The third-order valence-corrected chi connectivity index (χ3v) is 4.67. The van der Waals surface area contributed by atoms with Crippen LogP contribution in [0.1, 0.15) is 21.6 Å². The monoisotopic (exact) mass is 389 g/mol. The van der Waals surface area contributed by atoms with Crippen molar-refractivity contribution >= 4 is 17.1 Å². The number of aromatic amines is 1. The molecule has 0 aliphatic rings. The Balaban J connectivity index is 1.88. The Labute approximate surface area is 166 Å². The number of hydrogen-bond acceptors (Lipinski definition) is 5. The molecule has 0 unspecified atom stereocenters. The van der Waals surface area contributed by atoms with Gasteiger partial charge in [-0.1, -0.05) is 42.0 Å². The van der Waals surface area contributed by atoms with Crippen molar-refractivity contribution < 1.29 is 9.53 Å². The van der Waals surface area contributed by atoms with Gasteiger partial charge < -0.3 is 15.5 Å². The van der Waals surface area contributed by atoms with Crippen LogP contribution in [-0.4, -0.2) is 32.5 Å². The number of carbonyl (C=O) groups is 1. The average Bonchev–Trinajstić information content (AvgIpc) is 3.03. The molecule has 0 spiro atoms. The molecule has 2 heterocycles. The van der Waals surface area contributed by atoms with Crippen LogP contribution in [0, 0.1) is 6.92 Å². The zero-order valence-electron chi connectivity index (χ0n) is 16.0. The molecule has 0 saturated heterocycles. The van der Waals surface area contributed by atoms with Crippen molar-refractivity contribution in [2.45, 2.75) is 13.5 Å². The molecular weight excluding hydrogens is 370 g/mol. The summed E-state index contributed by atoms with van der Waals surface area (Å²) in [6.45, 7) is 2.24. The van der Waals surface area contributed by atoms with Crippen molar-refractivity contribution in [2.24, 2.45) is 5.73 Å². The van der Waals surface area contributed by atoms with E-state index in [1.54, 1.807) is 7.11 Å². The zero-order valence-corrected chi connectivity index (χ0v) is 16.0. The highest BCUT2D eigenvalue weighted by molar-refractivity contribution is 6.01. The minimum absolute atomic E-state index is 0.0174. The maximum absolute atomic E-state index is 12.6. The average molecular weight is 389 g/mol. The third kappa shape index (κ3) is 3.47. The van der Waals surface area contributed by atoms with Crippen LogP contribution >= 0.6 is 0 Å². The lowest BCUT2D eigenvalue weighted by Gasteiger charge is -2.07. The fraction of sp³-hybridized carbons (Fsp3) is 0.143. The fourth-order valence-corrected chi connectivity index (χ4v) is 3.10. The standard InChI is InChI=1S/C21H19N5O3/c1-12-3-7-14(8-4-12)19-23-16(18(22)27)17-20(25-19)26(21(28)24-17)11-13-5-9-15(29-2)10-6-13/h3-10H,11H2,1-2H3,(H2,22,27)(H,24,28). The topological polar surface area (TPSA) is 116 Å². The van der Waals surface area contributed by atoms with E-state index in [0.29, 0.717) is 11.5 Å². The number of methoxy groups -OCH3 is 1. The Morgan fingerprint density at radius 1 is 1.10 bits per heavy atom. The van der Waals surface area contributed by atoms with Gasteiger partial charge in [0.1, 0.15) is 11.3 Å². The van der Waals surface area contributed by atoms with E-state index in [1.165, 1.54) is 4.57 Å². The molecule has 4 rings (SSSR count). The van der Waals surface area contributed by atoms with Gasteiger partial charge in [0.2, 0.25) is 0 Å². The molecule has 0 fully saturated rings. The summed E-state index contributed by atoms with van der Waals surface area (Å²) >= 11 is 0. The number of aromatic nitrogens is 4. The van der Waals surface area contributed by atoms with E-state index < -0.39 is 11.6 Å². The summed E-state index contributed by atoms with van der Waals surface area (Å²) in [5.74, 6) is 0.317. The number of imidazole rings is 1. The van der Waals surface area contributed by atoms with Gasteiger partial charge in [0, 0.05) is 5.56 Å². The Morgan fingerprint density at radius 3 is 2.41 bits per heavy atom. The van der Waals surface area contributed by atoms with Crippen LogP contribution < -0.4 is 16.2 Å². The SMILES string of the molecule is COc1ccc(Cn2c(=O)[nH]c3c(C(N)=O)nc(-c4ccc(C)cc4)nc32)cc1. The van der Waals surface area contributed by atoms with Gasteiger partial charge in [-0.2, -0.15) is 0 Å². The van der Waals surface area contributed by atoms with Crippen LogP contribution in [0.5, 0.6) is 5.75 Å². The van der Waals surface area contributed by atoms with Gasteiger partial charge in [-0.15, -0.1) is 0 Å². The molecule has 2 aromatic carbocycles. The molecule has 4 aromatic rings. The number of primary amides is 1. The third-order valence-electron chi connectivity index (χ3n) is 4.67. The maximum atomic E-state index is 12.6. The number of ether oxygens (including phenoxy) is 1. The van der Waals surface area contributed by atoms with Gasteiger partial charge in [-0.3, -0.25) is 9.36 Å². The minimum atomic E-state index is -0.733. The summed E-state index contributed by atoms with van der Waals surface area (Å²) in [5, 5.41) is 0. The number of nitrogens with zero attached hydrogens (tertiary/aromatic N) is 3. The van der Waals surface area contributed by atoms with Crippen molar-refractivity contribution in [2.75, 3.05) is 7.11 Å². The molecule has 8 nitrogen and oxygen atoms in total. The van der Waals surface area contributed by atoms with E-state index in [2.05, 4.69) is 15.0 Å². The van der Waals surface area contributed by atoms with Gasteiger partial charge >= 0.3 is 5.69 Å². The molecule has 0 saturated carbocycles. The first-order valence-electron chi connectivity index (χ1n) is 8.96. The van der Waals surface area contributed by atoms with Crippen molar-refractivity contribution in [1.29, 1.82) is 0 Å². The van der Waals surface area contributed by atoms with Gasteiger partial charge in [-0.05, 0) is 24.6 Å². The largest absolute Gasteiger partial charge is 0.497 e. The summed E-state index contributed by atoms with van der Waals surface area (Å²) in [7, 11) is 1.59. The molecule has 8 heteroatoms.